The van der Waals surface area contributed by atoms with Crippen molar-refractivity contribution in [3.8, 4) is 0 Å². The lowest BCUT2D eigenvalue weighted by molar-refractivity contribution is 0.561. The average molecular weight is 175 g/mol. The van der Waals surface area contributed by atoms with Crippen molar-refractivity contribution in [1.29, 1.82) is 5.41 Å². The zero-order chi connectivity index (χ0) is 9.42. The SMILES string of the molecule is CC(=N)c1ccc2oc(C)nc2n1. The number of aromatic nitrogens is 2. The fourth-order valence-corrected chi connectivity index (χ4v) is 1.14. The van der Waals surface area contributed by atoms with Crippen molar-refractivity contribution in [1.82, 2.24) is 9.97 Å². The van der Waals surface area contributed by atoms with E-state index in [-0.39, 0.29) is 0 Å². The zero-order valence-electron chi connectivity index (χ0n) is 7.46. The summed E-state index contributed by atoms with van der Waals surface area (Å²) in [6.45, 7) is 3.47. The first-order valence-electron chi connectivity index (χ1n) is 3.96. The van der Waals surface area contributed by atoms with Gasteiger partial charge in [-0.1, -0.05) is 0 Å². The number of nitrogens with one attached hydrogen (secondary N) is 1. The fourth-order valence-electron chi connectivity index (χ4n) is 1.14. The molecule has 2 rings (SSSR count). The molecule has 0 aliphatic carbocycles. The lowest BCUT2D eigenvalue weighted by Gasteiger charge is -1.93. The summed E-state index contributed by atoms with van der Waals surface area (Å²) in [4.78, 5) is 8.25. The third kappa shape index (κ3) is 1.30. The number of oxazole rings is 1. The van der Waals surface area contributed by atoms with Crippen LogP contribution in [0, 0.1) is 12.3 Å². The van der Waals surface area contributed by atoms with E-state index in [0.29, 0.717) is 28.5 Å². The van der Waals surface area contributed by atoms with Gasteiger partial charge in [0.1, 0.15) is 0 Å². The Morgan fingerprint density at radius 3 is 2.85 bits per heavy atom. The average Bonchev–Trinajstić information content (AvgIpc) is 2.42. The zero-order valence-corrected chi connectivity index (χ0v) is 7.46. The molecule has 0 radical (unpaired) electrons. The van der Waals surface area contributed by atoms with E-state index >= 15 is 0 Å². The number of fused-ring (bicyclic) bond motifs is 1. The Morgan fingerprint density at radius 2 is 2.15 bits per heavy atom. The summed E-state index contributed by atoms with van der Waals surface area (Å²) in [5, 5.41) is 7.40. The summed E-state index contributed by atoms with van der Waals surface area (Å²) >= 11 is 0. The van der Waals surface area contributed by atoms with Crippen molar-refractivity contribution in [2.45, 2.75) is 13.8 Å². The van der Waals surface area contributed by atoms with Gasteiger partial charge in [0.25, 0.3) is 0 Å². The Kier molecular flexibility index (Phi) is 1.62. The molecule has 0 amide bonds. The molecule has 0 aliphatic rings. The molecular formula is C9H9N3O. The monoisotopic (exact) mass is 175 g/mol. The van der Waals surface area contributed by atoms with Crippen molar-refractivity contribution in [3.63, 3.8) is 0 Å². The van der Waals surface area contributed by atoms with Crippen LogP contribution < -0.4 is 0 Å². The second-order valence-electron chi connectivity index (χ2n) is 2.88. The summed E-state index contributed by atoms with van der Waals surface area (Å²) in [5.41, 5.74) is 2.31. The van der Waals surface area contributed by atoms with Crippen LogP contribution in [0.25, 0.3) is 11.2 Å². The van der Waals surface area contributed by atoms with Gasteiger partial charge in [0, 0.05) is 6.92 Å². The van der Waals surface area contributed by atoms with Crippen LogP contribution in [0.1, 0.15) is 18.5 Å². The topological polar surface area (TPSA) is 62.8 Å². The first kappa shape index (κ1) is 7.91. The largest absolute Gasteiger partial charge is 0.439 e. The van der Waals surface area contributed by atoms with E-state index in [1.54, 1.807) is 26.0 Å². The molecule has 4 nitrogen and oxygen atoms in total. The van der Waals surface area contributed by atoms with Crippen LogP contribution in [0.15, 0.2) is 16.5 Å². The van der Waals surface area contributed by atoms with Crippen molar-refractivity contribution >= 4 is 16.9 Å². The van der Waals surface area contributed by atoms with Crippen LogP contribution in [0.3, 0.4) is 0 Å². The van der Waals surface area contributed by atoms with Gasteiger partial charge in [0.2, 0.25) is 0 Å². The number of hydrogen-bond donors (Lipinski definition) is 1. The molecule has 4 heteroatoms. The maximum absolute atomic E-state index is 7.40. The summed E-state index contributed by atoms with van der Waals surface area (Å²) in [5.74, 6) is 0.599. The molecule has 2 heterocycles. The lowest BCUT2D eigenvalue weighted by atomic mass is 10.2. The minimum absolute atomic E-state index is 0.433. The molecule has 2 aromatic rings. The second kappa shape index (κ2) is 2.65. The molecule has 66 valence electrons. The summed E-state index contributed by atoms with van der Waals surface area (Å²) in [6.07, 6.45) is 0. The molecule has 0 bridgehead atoms. The molecule has 0 saturated carbocycles. The van der Waals surface area contributed by atoms with Crippen LogP contribution >= 0.6 is 0 Å². The quantitative estimate of drug-likeness (QED) is 0.673. The minimum atomic E-state index is 0.433. The van der Waals surface area contributed by atoms with Gasteiger partial charge < -0.3 is 9.83 Å². The molecule has 0 atom stereocenters. The highest BCUT2D eigenvalue weighted by Gasteiger charge is 2.05. The van der Waals surface area contributed by atoms with Crippen molar-refractivity contribution < 1.29 is 4.42 Å². The van der Waals surface area contributed by atoms with E-state index < -0.39 is 0 Å². The van der Waals surface area contributed by atoms with Crippen LogP contribution in [-0.4, -0.2) is 15.7 Å². The van der Waals surface area contributed by atoms with Gasteiger partial charge in [0.05, 0.1) is 11.4 Å². The third-order valence-electron chi connectivity index (χ3n) is 1.74. The van der Waals surface area contributed by atoms with Crippen LogP contribution in [0.2, 0.25) is 0 Å². The predicted octanol–water partition coefficient (Wildman–Crippen LogP) is 1.92. The van der Waals surface area contributed by atoms with Gasteiger partial charge in [-0.2, -0.15) is 4.98 Å². The Labute approximate surface area is 75.1 Å². The molecule has 0 unspecified atom stereocenters. The Morgan fingerprint density at radius 1 is 1.38 bits per heavy atom. The van der Waals surface area contributed by atoms with Crippen molar-refractivity contribution in [2.24, 2.45) is 0 Å². The Balaban J connectivity index is 2.67. The molecule has 0 aliphatic heterocycles. The van der Waals surface area contributed by atoms with Crippen LogP contribution in [0.4, 0.5) is 0 Å². The van der Waals surface area contributed by atoms with E-state index in [1.807, 2.05) is 0 Å². The highest BCUT2D eigenvalue weighted by atomic mass is 16.3. The van der Waals surface area contributed by atoms with Gasteiger partial charge in [-0.15, -0.1) is 0 Å². The van der Waals surface area contributed by atoms with E-state index in [2.05, 4.69) is 9.97 Å². The van der Waals surface area contributed by atoms with E-state index in [0.717, 1.165) is 0 Å². The van der Waals surface area contributed by atoms with Crippen molar-refractivity contribution in [3.05, 3.63) is 23.7 Å². The number of rotatable bonds is 1. The normalized spacial score (nSPS) is 10.6. The summed E-state index contributed by atoms with van der Waals surface area (Å²) < 4.78 is 5.26. The molecule has 0 aromatic carbocycles. The number of pyridine rings is 1. The van der Waals surface area contributed by atoms with E-state index in [4.69, 9.17) is 9.83 Å². The van der Waals surface area contributed by atoms with Crippen LogP contribution in [-0.2, 0) is 0 Å². The maximum Gasteiger partial charge on any atom is 0.199 e. The predicted molar refractivity (Wildman–Crippen MR) is 49.0 cm³/mol. The smallest absolute Gasteiger partial charge is 0.199 e. The second-order valence-corrected chi connectivity index (χ2v) is 2.88. The number of aryl methyl sites for hydroxylation is 1. The minimum Gasteiger partial charge on any atom is -0.439 e. The van der Waals surface area contributed by atoms with Crippen LogP contribution in [0.5, 0.6) is 0 Å². The first-order valence-corrected chi connectivity index (χ1v) is 3.96. The first-order chi connectivity index (χ1) is 6.16. The Bertz CT molecular complexity index is 473. The molecule has 0 saturated heterocycles. The molecular weight excluding hydrogens is 166 g/mol. The fraction of sp³-hybridized carbons (Fsp3) is 0.222. The molecule has 0 fully saturated rings. The summed E-state index contributed by atoms with van der Waals surface area (Å²) in [7, 11) is 0. The van der Waals surface area contributed by atoms with Crippen molar-refractivity contribution in [2.75, 3.05) is 0 Å². The van der Waals surface area contributed by atoms with E-state index in [9.17, 15) is 0 Å². The highest BCUT2D eigenvalue weighted by molar-refractivity contribution is 5.95. The van der Waals surface area contributed by atoms with E-state index in [1.165, 1.54) is 0 Å². The molecule has 2 aromatic heterocycles. The highest BCUT2D eigenvalue weighted by Crippen LogP contribution is 2.13. The molecule has 0 spiro atoms. The molecule has 1 N–H and O–H groups in total. The number of hydrogen-bond acceptors (Lipinski definition) is 4. The number of nitrogens with zero attached hydrogens (tertiary/aromatic N) is 2. The maximum atomic E-state index is 7.40. The van der Waals surface area contributed by atoms with Gasteiger partial charge in [0.15, 0.2) is 17.1 Å². The Hall–Kier alpha value is -1.71. The molecule has 13 heavy (non-hydrogen) atoms. The van der Waals surface area contributed by atoms with Gasteiger partial charge in [-0.3, -0.25) is 0 Å². The lowest BCUT2D eigenvalue weighted by Crippen LogP contribution is -1.95. The van der Waals surface area contributed by atoms with Gasteiger partial charge >= 0.3 is 0 Å². The third-order valence-corrected chi connectivity index (χ3v) is 1.74. The summed E-state index contributed by atoms with van der Waals surface area (Å²) in [6, 6.07) is 3.55. The van der Waals surface area contributed by atoms with Gasteiger partial charge in [-0.05, 0) is 19.1 Å². The standard InChI is InChI=1S/C9H9N3O/c1-5(10)7-3-4-8-9(12-7)11-6(2)13-8/h3-4,10H,1-2H3. The van der Waals surface area contributed by atoms with Gasteiger partial charge in [-0.25, -0.2) is 4.98 Å².